The van der Waals surface area contributed by atoms with Gasteiger partial charge >= 0.3 is 0 Å². The summed E-state index contributed by atoms with van der Waals surface area (Å²) in [7, 11) is 0. The second-order valence-corrected chi connectivity index (χ2v) is 14.7. The zero-order chi connectivity index (χ0) is 37.5. The first-order valence-corrected chi connectivity index (χ1v) is 19.3. The lowest BCUT2D eigenvalue weighted by Crippen LogP contribution is -1.98. The van der Waals surface area contributed by atoms with Crippen LogP contribution in [0.3, 0.4) is 0 Å². The molecule has 4 nitrogen and oxygen atoms in total. The minimum atomic E-state index is 0.690. The first-order valence-electron chi connectivity index (χ1n) is 19.3. The van der Waals surface area contributed by atoms with Crippen molar-refractivity contribution in [2.45, 2.75) is 0 Å². The standard InChI is InChI=1S/C53H31N3O/c1-2-11-32(12-3-1)38-15-4-5-16-39(38)46-31-45(55-53(56-46)41-30-28-36-24-23-34-13-10-14-35-27-29-40(41)49(36)48(34)35)33-21-25-37(26-22-33)51-50-43-18-7-9-20-47(43)57-52(50)42-17-6-8-19-44(42)54-51/h1-31H. The van der Waals surface area contributed by atoms with E-state index in [-0.39, 0.29) is 0 Å². The first-order chi connectivity index (χ1) is 28.2. The van der Waals surface area contributed by atoms with Crippen LogP contribution in [0.25, 0.3) is 121 Å². The second kappa shape index (κ2) is 12.4. The Bertz CT molecular complexity index is 3500. The van der Waals surface area contributed by atoms with E-state index in [2.05, 4.69) is 164 Å². The van der Waals surface area contributed by atoms with Crippen LogP contribution >= 0.6 is 0 Å². The van der Waals surface area contributed by atoms with Crippen molar-refractivity contribution in [3.63, 3.8) is 0 Å². The molecule has 12 aromatic rings. The molecule has 0 aliphatic carbocycles. The normalized spacial score (nSPS) is 11.9. The third kappa shape index (κ3) is 4.98. The quantitative estimate of drug-likeness (QED) is 0.166. The molecule has 3 heterocycles. The molecule has 0 saturated carbocycles. The van der Waals surface area contributed by atoms with Gasteiger partial charge in [-0.3, -0.25) is 0 Å². The Kier molecular flexibility index (Phi) is 6.89. The summed E-state index contributed by atoms with van der Waals surface area (Å²) in [6.07, 6.45) is 0. The highest BCUT2D eigenvalue weighted by atomic mass is 16.3. The van der Waals surface area contributed by atoms with Gasteiger partial charge in [-0.1, -0.05) is 158 Å². The average molecular weight is 726 g/mol. The van der Waals surface area contributed by atoms with Crippen LogP contribution in [-0.2, 0) is 0 Å². The van der Waals surface area contributed by atoms with Crippen molar-refractivity contribution >= 4 is 65.2 Å². The molecule has 3 aromatic heterocycles. The number of hydrogen-bond donors (Lipinski definition) is 0. The highest BCUT2D eigenvalue weighted by molar-refractivity contribution is 6.25. The molecular formula is C53H31N3O. The topological polar surface area (TPSA) is 51.8 Å². The molecule has 0 aliphatic rings. The van der Waals surface area contributed by atoms with Gasteiger partial charge in [0.25, 0.3) is 0 Å². The molecule has 0 amide bonds. The fourth-order valence-corrected chi connectivity index (χ4v) is 8.78. The number of rotatable bonds is 5. The maximum absolute atomic E-state index is 6.48. The summed E-state index contributed by atoms with van der Waals surface area (Å²) in [5, 5.41) is 10.4. The Morgan fingerprint density at radius 3 is 1.84 bits per heavy atom. The molecule has 0 bridgehead atoms. The van der Waals surface area contributed by atoms with Crippen LogP contribution < -0.4 is 0 Å². The SMILES string of the molecule is c1ccc(-c2ccccc2-c2cc(-c3ccc(-c4nc5ccccc5c5oc6ccccc6c45)cc3)nc(-c3ccc4ccc5cccc6ccc3c4c56)n2)cc1. The third-order valence-electron chi connectivity index (χ3n) is 11.5. The van der Waals surface area contributed by atoms with Crippen molar-refractivity contribution in [3.05, 3.63) is 188 Å². The van der Waals surface area contributed by atoms with E-state index < -0.39 is 0 Å². The Morgan fingerprint density at radius 2 is 1.00 bits per heavy atom. The predicted octanol–water partition coefficient (Wildman–Crippen LogP) is 14.2. The summed E-state index contributed by atoms with van der Waals surface area (Å²) >= 11 is 0. The summed E-state index contributed by atoms with van der Waals surface area (Å²) in [6, 6.07) is 66.0. The van der Waals surface area contributed by atoms with Crippen molar-refractivity contribution in [1.29, 1.82) is 0 Å². The summed E-state index contributed by atoms with van der Waals surface area (Å²) < 4.78 is 6.48. The molecule has 264 valence electrons. The van der Waals surface area contributed by atoms with E-state index in [1.165, 1.54) is 26.9 Å². The molecule has 0 saturated heterocycles. The van der Waals surface area contributed by atoms with Gasteiger partial charge < -0.3 is 4.42 Å². The Labute approximate surface area is 327 Å². The van der Waals surface area contributed by atoms with E-state index in [4.69, 9.17) is 19.4 Å². The molecule has 0 spiro atoms. The molecule has 0 N–H and O–H groups in total. The van der Waals surface area contributed by atoms with Crippen LogP contribution in [0.1, 0.15) is 0 Å². The van der Waals surface area contributed by atoms with Crippen LogP contribution in [0, 0.1) is 0 Å². The van der Waals surface area contributed by atoms with Crippen LogP contribution in [0.5, 0.6) is 0 Å². The van der Waals surface area contributed by atoms with Gasteiger partial charge in [-0.15, -0.1) is 0 Å². The van der Waals surface area contributed by atoms with E-state index in [1.807, 2.05) is 24.3 Å². The predicted molar refractivity (Wildman–Crippen MR) is 235 cm³/mol. The van der Waals surface area contributed by atoms with Crippen LogP contribution in [-0.4, -0.2) is 15.0 Å². The van der Waals surface area contributed by atoms with Gasteiger partial charge in [0.05, 0.1) is 28.0 Å². The van der Waals surface area contributed by atoms with Crippen molar-refractivity contribution in [2.75, 3.05) is 0 Å². The number of hydrogen-bond acceptors (Lipinski definition) is 4. The smallest absolute Gasteiger partial charge is 0.161 e. The zero-order valence-electron chi connectivity index (χ0n) is 30.6. The molecule has 9 aromatic carbocycles. The minimum Gasteiger partial charge on any atom is -0.455 e. The van der Waals surface area contributed by atoms with E-state index in [9.17, 15) is 0 Å². The third-order valence-corrected chi connectivity index (χ3v) is 11.5. The number of aromatic nitrogens is 3. The summed E-state index contributed by atoms with van der Waals surface area (Å²) in [5.74, 6) is 0.690. The second-order valence-electron chi connectivity index (χ2n) is 14.7. The van der Waals surface area contributed by atoms with E-state index in [1.54, 1.807) is 0 Å². The van der Waals surface area contributed by atoms with Crippen molar-refractivity contribution in [2.24, 2.45) is 0 Å². The summed E-state index contributed by atoms with van der Waals surface area (Å²) in [4.78, 5) is 16.0. The highest BCUT2D eigenvalue weighted by Gasteiger charge is 2.20. The molecule has 4 heteroatoms. The maximum Gasteiger partial charge on any atom is 0.161 e. The molecule has 57 heavy (non-hydrogen) atoms. The molecule has 0 atom stereocenters. The van der Waals surface area contributed by atoms with Crippen molar-refractivity contribution in [3.8, 4) is 56.3 Å². The number of pyridine rings is 1. The van der Waals surface area contributed by atoms with Crippen molar-refractivity contribution in [1.82, 2.24) is 15.0 Å². The molecule has 12 rings (SSSR count). The number of nitrogens with zero attached hydrogens (tertiary/aromatic N) is 3. The van der Waals surface area contributed by atoms with E-state index >= 15 is 0 Å². The van der Waals surface area contributed by atoms with Gasteiger partial charge in [0, 0.05) is 33.0 Å². The average Bonchev–Trinajstić information content (AvgIpc) is 3.68. The van der Waals surface area contributed by atoms with Crippen molar-refractivity contribution < 1.29 is 4.42 Å². The monoisotopic (exact) mass is 725 g/mol. The van der Waals surface area contributed by atoms with Gasteiger partial charge in [0.1, 0.15) is 11.2 Å². The maximum atomic E-state index is 6.48. The Hall–Kier alpha value is -7.69. The largest absolute Gasteiger partial charge is 0.455 e. The van der Waals surface area contributed by atoms with Gasteiger partial charge in [-0.05, 0) is 73.8 Å². The number of furan rings is 1. The lowest BCUT2D eigenvalue weighted by molar-refractivity contribution is 0.672. The first kappa shape index (κ1) is 31.6. The van der Waals surface area contributed by atoms with Gasteiger partial charge in [0.2, 0.25) is 0 Å². The molecule has 0 fully saturated rings. The summed E-state index contributed by atoms with van der Waals surface area (Å²) in [5.41, 5.74) is 11.6. The van der Waals surface area contributed by atoms with Gasteiger partial charge in [0.15, 0.2) is 5.82 Å². The number of benzene rings is 9. The molecular weight excluding hydrogens is 695 g/mol. The number of para-hydroxylation sites is 2. The zero-order valence-corrected chi connectivity index (χ0v) is 30.6. The van der Waals surface area contributed by atoms with E-state index in [0.29, 0.717) is 5.82 Å². The van der Waals surface area contributed by atoms with Crippen LogP contribution in [0.2, 0.25) is 0 Å². The lowest BCUT2D eigenvalue weighted by atomic mass is 9.91. The van der Waals surface area contributed by atoms with Gasteiger partial charge in [-0.2, -0.15) is 0 Å². The fourth-order valence-electron chi connectivity index (χ4n) is 8.78. The highest BCUT2D eigenvalue weighted by Crippen LogP contribution is 2.42. The summed E-state index contributed by atoms with van der Waals surface area (Å²) in [6.45, 7) is 0. The fraction of sp³-hybridized carbons (Fsp3) is 0. The molecule has 0 aliphatic heterocycles. The number of fused-ring (bicyclic) bond motifs is 5. The Balaban J connectivity index is 1.07. The van der Waals surface area contributed by atoms with E-state index in [0.717, 1.165) is 88.7 Å². The van der Waals surface area contributed by atoms with Crippen LogP contribution in [0.4, 0.5) is 0 Å². The minimum absolute atomic E-state index is 0.690. The Morgan fingerprint density at radius 1 is 0.351 bits per heavy atom. The lowest BCUT2D eigenvalue weighted by Gasteiger charge is -2.16. The molecule has 0 unspecified atom stereocenters. The van der Waals surface area contributed by atoms with Gasteiger partial charge in [-0.25, -0.2) is 15.0 Å². The van der Waals surface area contributed by atoms with Crippen LogP contribution in [0.15, 0.2) is 192 Å². The molecule has 0 radical (unpaired) electrons.